The molecular weight excluding hydrogens is 334 g/mol. The highest BCUT2D eigenvalue weighted by atomic mass is 16.7. The van der Waals surface area contributed by atoms with Gasteiger partial charge >= 0.3 is 0 Å². The Morgan fingerprint density at radius 1 is 1.27 bits per heavy atom. The Kier molecular flexibility index (Phi) is 4.29. The van der Waals surface area contributed by atoms with Gasteiger partial charge in [0.2, 0.25) is 12.7 Å². The van der Waals surface area contributed by atoms with Gasteiger partial charge in [0.25, 0.3) is 0 Å². The molecular formula is C18H15N5O3. The van der Waals surface area contributed by atoms with Gasteiger partial charge in [-0.1, -0.05) is 12.1 Å². The average Bonchev–Trinajstić information content (AvgIpc) is 3.36. The van der Waals surface area contributed by atoms with E-state index in [9.17, 15) is 4.79 Å². The number of carbonyl (C=O) groups is 1. The van der Waals surface area contributed by atoms with Crippen molar-refractivity contribution in [3.8, 4) is 17.3 Å². The zero-order valence-electron chi connectivity index (χ0n) is 13.7. The van der Waals surface area contributed by atoms with Gasteiger partial charge in [-0.05, 0) is 29.8 Å². The van der Waals surface area contributed by atoms with Crippen molar-refractivity contribution in [2.75, 3.05) is 6.79 Å². The number of aromatic nitrogens is 4. The molecule has 26 heavy (non-hydrogen) atoms. The van der Waals surface area contributed by atoms with E-state index < -0.39 is 0 Å². The summed E-state index contributed by atoms with van der Waals surface area (Å²) in [5, 5.41) is 6.91. The van der Waals surface area contributed by atoms with Crippen LogP contribution in [0.1, 0.15) is 11.1 Å². The summed E-state index contributed by atoms with van der Waals surface area (Å²) in [6.07, 6.45) is 7.86. The number of hydrogen-bond acceptors (Lipinski definition) is 6. The number of ether oxygens (including phenoxy) is 2. The van der Waals surface area contributed by atoms with Gasteiger partial charge in [-0.15, -0.1) is 0 Å². The van der Waals surface area contributed by atoms with Crippen LogP contribution in [-0.2, 0) is 11.3 Å². The van der Waals surface area contributed by atoms with Gasteiger partial charge < -0.3 is 14.8 Å². The van der Waals surface area contributed by atoms with Crippen molar-refractivity contribution in [1.82, 2.24) is 25.1 Å². The second-order valence-corrected chi connectivity index (χ2v) is 5.49. The van der Waals surface area contributed by atoms with Crippen LogP contribution in [0, 0.1) is 0 Å². The lowest BCUT2D eigenvalue weighted by Gasteiger charge is -2.08. The smallest absolute Gasteiger partial charge is 0.244 e. The Balaban J connectivity index is 1.40. The van der Waals surface area contributed by atoms with Gasteiger partial charge in [-0.2, -0.15) is 5.10 Å². The van der Waals surface area contributed by atoms with Crippen LogP contribution in [0.4, 0.5) is 0 Å². The van der Waals surface area contributed by atoms with Crippen molar-refractivity contribution in [2.24, 2.45) is 0 Å². The number of benzene rings is 1. The third kappa shape index (κ3) is 3.39. The van der Waals surface area contributed by atoms with Gasteiger partial charge in [-0.25, -0.2) is 14.6 Å². The highest BCUT2D eigenvalue weighted by molar-refractivity contribution is 5.91. The summed E-state index contributed by atoms with van der Waals surface area (Å²) >= 11 is 0. The van der Waals surface area contributed by atoms with E-state index in [1.807, 2.05) is 30.3 Å². The predicted molar refractivity (Wildman–Crippen MR) is 92.6 cm³/mol. The van der Waals surface area contributed by atoms with Crippen molar-refractivity contribution >= 4 is 12.0 Å². The van der Waals surface area contributed by atoms with Gasteiger partial charge in [-0.3, -0.25) is 4.79 Å². The first-order valence-electron chi connectivity index (χ1n) is 7.94. The molecule has 130 valence electrons. The maximum atomic E-state index is 12.1. The lowest BCUT2D eigenvalue weighted by atomic mass is 10.2. The number of nitrogens with zero attached hydrogens (tertiary/aromatic N) is 4. The third-order valence-electron chi connectivity index (χ3n) is 3.78. The second kappa shape index (κ2) is 7.06. The van der Waals surface area contributed by atoms with E-state index >= 15 is 0 Å². The molecule has 1 aromatic carbocycles. The van der Waals surface area contributed by atoms with Crippen LogP contribution in [0.3, 0.4) is 0 Å². The first kappa shape index (κ1) is 15.8. The van der Waals surface area contributed by atoms with Crippen molar-refractivity contribution in [2.45, 2.75) is 6.54 Å². The molecule has 0 spiro atoms. The number of rotatable bonds is 5. The molecule has 0 radical (unpaired) electrons. The molecule has 0 unspecified atom stereocenters. The zero-order valence-corrected chi connectivity index (χ0v) is 13.7. The summed E-state index contributed by atoms with van der Waals surface area (Å²) in [6, 6.07) is 9.20. The summed E-state index contributed by atoms with van der Waals surface area (Å²) in [7, 11) is 0. The Morgan fingerprint density at radius 2 is 2.19 bits per heavy atom. The highest BCUT2D eigenvalue weighted by Crippen LogP contribution is 2.32. The van der Waals surface area contributed by atoms with Crippen molar-refractivity contribution in [1.29, 1.82) is 0 Å². The molecule has 2 aromatic heterocycles. The summed E-state index contributed by atoms with van der Waals surface area (Å²) < 4.78 is 12.1. The third-order valence-corrected chi connectivity index (χ3v) is 3.78. The van der Waals surface area contributed by atoms with Gasteiger partial charge in [0.15, 0.2) is 17.3 Å². The fraction of sp³-hybridized carbons (Fsp3) is 0.111. The van der Waals surface area contributed by atoms with E-state index in [0.29, 0.717) is 23.9 Å². The average molecular weight is 349 g/mol. The largest absolute Gasteiger partial charge is 0.454 e. The number of pyridine rings is 1. The van der Waals surface area contributed by atoms with Crippen LogP contribution in [-0.4, -0.2) is 32.4 Å². The lowest BCUT2D eigenvalue weighted by Crippen LogP contribution is -2.21. The van der Waals surface area contributed by atoms with Crippen LogP contribution in [0.25, 0.3) is 11.9 Å². The van der Waals surface area contributed by atoms with Gasteiger partial charge in [0, 0.05) is 24.4 Å². The number of carbonyl (C=O) groups excluding carboxylic acids is 1. The van der Waals surface area contributed by atoms with E-state index in [1.54, 1.807) is 23.3 Å². The molecule has 0 fully saturated rings. The van der Waals surface area contributed by atoms with Gasteiger partial charge in [0.05, 0.1) is 0 Å². The highest BCUT2D eigenvalue weighted by Gasteiger charge is 2.12. The first-order valence-corrected chi connectivity index (χ1v) is 7.94. The van der Waals surface area contributed by atoms with Crippen LogP contribution < -0.4 is 14.8 Å². The topological polar surface area (TPSA) is 91.2 Å². The number of amides is 1. The Bertz CT molecular complexity index is 953. The minimum atomic E-state index is -0.212. The summed E-state index contributed by atoms with van der Waals surface area (Å²) in [5.74, 6) is 1.81. The molecule has 0 saturated carbocycles. The Labute approximate surface area is 149 Å². The summed E-state index contributed by atoms with van der Waals surface area (Å²) in [5.41, 5.74) is 1.69. The molecule has 1 amide bonds. The standard InChI is InChI=1S/C18H15N5O3/c24-17(6-4-13-3-5-15-16(8-13)26-12-25-15)21-9-14-2-1-7-20-18(14)23-11-19-10-22-23/h1-8,10-11H,9,12H2,(H,21,24). The molecule has 3 aromatic rings. The predicted octanol–water partition coefficient (Wildman–Crippen LogP) is 1.72. The molecule has 8 heteroatoms. The molecule has 0 atom stereocenters. The van der Waals surface area contributed by atoms with E-state index in [4.69, 9.17) is 9.47 Å². The molecule has 1 aliphatic rings. The van der Waals surface area contributed by atoms with Crippen LogP contribution in [0.15, 0.2) is 55.3 Å². The van der Waals surface area contributed by atoms with Crippen molar-refractivity contribution in [3.63, 3.8) is 0 Å². The monoisotopic (exact) mass is 349 g/mol. The minimum absolute atomic E-state index is 0.212. The molecule has 8 nitrogen and oxygen atoms in total. The second-order valence-electron chi connectivity index (χ2n) is 5.49. The number of hydrogen-bond donors (Lipinski definition) is 1. The Morgan fingerprint density at radius 3 is 3.08 bits per heavy atom. The summed E-state index contributed by atoms with van der Waals surface area (Å²) in [4.78, 5) is 20.3. The first-order chi connectivity index (χ1) is 12.8. The molecule has 0 bridgehead atoms. The Hall–Kier alpha value is -3.68. The summed E-state index contributed by atoms with van der Waals surface area (Å²) in [6.45, 7) is 0.551. The normalized spacial score (nSPS) is 12.5. The zero-order chi connectivity index (χ0) is 17.8. The maximum Gasteiger partial charge on any atom is 0.244 e. The quantitative estimate of drug-likeness (QED) is 0.705. The van der Waals surface area contributed by atoms with Crippen LogP contribution in [0.2, 0.25) is 0 Å². The van der Waals surface area contributed by atoms with Gasteiger partial charge in [0.1, 0.15) is 12.7 Å². The molecule has 1 N–H and O–H groups in total. The lowest BCUT2D eigenvalue weighted by molar-refractivity contribution is -0.116. The van der Waals surface area contributed by atoms with E-state index in [2.05, 4.69) is 20.4 Å². The molecule has 1 aliphatic heterocycles. The van der Waals surface area contributed by atoms with E-state index in [0.717, 1.165) is 11.1 Å². The fourth-order valence-corrected chi connectivity index (χ4v) is 2.52. The molecule has 0 saturated heterocycles. The minimum Gasteiger partial charge on any atom is -0.454 e. The molecule has 0 aliphatic carbocycles. The molecule has 4 rings (SSSR count). The van der Waals surface area contributed by atoms with Crippen LogP contribution in [0.5, 0.6) is 11.5 Å². The molecule has 3 heterocycles. The van der Waals surface area contributed by atoms with E-state index in [1.165, 1.54) is 12.4 Å². The number of fused-ring (bicyclic) bond motifs is 1. The maximum absolute atomic E-state index is 12.1. The SMILES string of the molecule is O=C(C=Cc1ccc2c(c1)OCO2)NCc1cccnc1-n1cncn1. The number of nitrogens with one attached hydrogen (secondary N) is 1. The fourth-order valence-electron chi connectivity index (χ4n) is 2.52. The van der Waals surface area contributed by atoms with Crippen molar-refractivity contribution < 1.29 is 14.3 Å². The van der Waals surface area contributed by atoms with Crippen molar-refractivity contribution in [3.05, 3.63) is 66.4 Å². The van der Waals surface area contributed by atoms with Crippen LogP contribution >= 0.6 is 0 Å². The van der Waals surface area contributed by atoms with E-state index in [-0.39, 0.29) is 12.7 Å².